The summed E-state index contributed by atoms with van der Waals surface area (Å²) in [6.45, 7) is 1.20. The maximum absolute atomic E-state index is 14.9. The molecule has 4 rings (SSSR count). The lowest BCUT2D eigenvalue weighted by atomic mass is 9.96. The van der Waals surface area contributed by atoms with E-state index in [1.807, 2.05) is 30.3 Å². The molecule has 0 saturated carbocycles. The van der Waals surface area contributed by atoms with Gasteiger partial charge in [-0.2, -0.15) is 0 Å². The van der Waals surface area contributed by atoms with Gasteiger partial charge in [0, 0.05) is 30.3 Å². The van der Waals surface area contributed by atoms with Gasteiger partial charge < -0.3 is 14.4 Å². The summed E-state index contributed by atoms with van der Waals surface area (Å²) in [6, 6.07) is 11.5. The van der Waals surface area contributed by atoms with Crippen molar-refractivity contribution in [3.63, 3.8) is 0 Å². The van der Waals surface area contributed by atoms with E-state index in [-0.39, 0.29) is 41.9 Å². The molecule has 0 bridgehead atoms. The second-order valence-corrected chi connectivity index (χ2v) is 7.47. The molecule has 1 atom stereocenters. The third kappa shape index (κ3) is 4.01. The van der Waals surface area contributed by atoms with Gasteiger partial charge in [-0.15, -0.1) is 0 Å². The van der Waals surface area contributed by atoms with Crippen LogP contribution >= 0.6 is 0 Å². The van der Waals surface area contributed by atoms with Gasteiger partial charge in [0.05, 0.1) is 12.6 Å². The van der Waals surface area contributed by atoms with Gasteiger partial charge in [0.2, 0.25) is 5.91 Å². The molecule has 1 saturated heterocycles. The van der Waals surface area contributed by atoms with E-state index in [1.54, 1.807) is 4.90 Å². The Morgan fingerprint density at radius 2 is 1.87 bits per heavy atom. The topological polar surface area (TPSA) is 88.1 Å². The van der Waals surface area contributed by atoms with Gasteiger partial charge in [-0.25, -0.2) is 9.87 Å². The first-order valence-corrected chi connectivity index (χ1v) is 9.91. The first-order chi connectivity index (χ1) is 14.6. The number of hydrogen-bond acceptors (Lipinski definition) is 5. The molecule has 158 valence electrons. The van der Waals surface area contributed by atoms with Crippen LogP contribution in [-0.2, 0) is 16.1 Å². The molecule has 2 aliphatic rings. The summed E-state index contributed by atoms with van der Waals surface area (Å²) in [4.78, 5) is 26.8. The third-order valence-electron chi connectivity index (χ3n) is 5.66. The SMILES string of the molecule is O=C(NO)c1cc(F)c2c(c1)OC[C@H](c1ccccc1)N(C(=O)C1CCOCC1)C2. The number of rotatable bonds is 3. The zero-order valence-electron chi connectivity index (χ0n) is 16.3. The van der Waals surface area contributed by atoms with Crippen molar-refractivity contribution in [2.45, 2.75) is 25.4 Å². The van der Waals surface area contributed by atoms with E-state index in [2.05, 4.69) is 0 Å². The fourth-order valence-corrected chi connectivity index (χ4v) is 3.99. The van der Waals surface area contributed by atoms with Crippen LogP contribution < -0.4 is 10.2 Å². The molecular weight excluding hydrogens is 391 g/mol. The highest BCUT2D eigenvalue weighted by molar-refractivity contribution is 5.94. The van der Waals surface area contributed by atoms with Crippen LogP contribution in [0.1, 0.15) is 40.4 Å². The van der Waals surface area contributed by atoms with Gasteiger partial charge in [0.15, 0.2) is 0 Å². The van der Waals surface area contributed by atoms with Crippen molar-refractivity contribution in [2.75, 3.05) is 19.8 Å². The van der Waals surface area contributed by atoms with Crippen molar-refractivity contribution < 1.29 is 28.7 Å². The van der Waals surface area contributed by atoms with E-state index >= 15 is 0 Å². The summed E-state index contributed by atoms with van der Waals surface area (Å²) in [5.74, 6) is -1.55. The molecule has 7 nitrogen and oxygen atoms in total. The summed E-state index contributed by atoms with van der Waals surface area (Å²) in [5, 5.41) is 8.86. The number of nitrogens with zero attached hydrogens (tertiary/aromatic N) is 1. The van der Waals surface area contributed by atoms with Gasteiger partial charge in [0.25, 0.3) is 5.91 Å². The molecular formula is C22H23FN2O5. The minimum Gasteiger partial charge on any atom is -0.491 e. The predicted molar refractivity (Wildman–Crippen MR) is 104 cm³/mol. The van der Waals surface area contributed by atoms with Crippen molar-refractivity contribution in [2.24, 2.45) is 5.92 Å². The third-order valence-corrected chi connectivity index (χ3v) is 5.66. The number of carbonyl (C=O) groups is 2. The maximum Gasteiger partial charge on any atom is 0.274 e. The highest BCUT2D eigenvalue weighted by Gasteiger charge is 2.35. The van der Waals surface area contributed by atoms with Crippen LogP contribution in [0.3, 0.4) is 0 Å². The summed E-state index contributed by atoms with van der Waals surface area (Å²) in [7, 11) is 0. The smallest absolute Gasteiger partial charge is 0.274 e. The number of nitrogens with one attached hydrogen (secondary N) is 1. The fourth-order valence-electron chi connectivity index (χ4n) is 3.99. The van der Waals surface area contributed by atoms with Crippen molar-refractivity contribution in [1.82, 2.24) is 10.4 Å². The van der Waals surface area contributed by atoms with Crippen LogP contribution in [0.15, 0.2) is 42.5 Å². The molecule has 2 aromatic carbocycles. The number of ether oxygens (including phenoxy) is 2. The lowest BCUT2D eigenvalue weighted by molar-refractivity contribution is -0.142. The average Bonchev–Trinajstić information content (AvgIpc) is 2.99. The fraction of sp³-hybridized carbons (Fsp3) is 0.364. The standard InChI is InChI=1S/C22H23FN2O5/c23-18-10-16(21(26)24-28)11-20-17(18)12-25(22(27)15-6-8-29-9-7-15)19(13-30-20)14-4-2-1-3-5-14/h1-5,10-11,15,19,28H,6-9,12-13H2,(H,24,26)/t19-/m1/s1. The Balaban J connectivity index is 1.72. The van der Waals surface area contributed by atoms with Crippen LogP contribution in [0.4, 0.5) is 4.39 Å². The Bertz CT molecular complexity index is 931. The van der Waals surface area contributed by atoms with E-state index < -0.39 is 17.8 Å². The van der Waals surface area contributed by atoms with Crippen molar-refractivity contribution in [3.8, 4) is 5.75 Å². The number of halogens is 1. The molecule has 30 heavy (non-hydrogen) atoms. The lowest BCUT2D eigenvalue weighted by Gasteiger charge is -2.34. The molecule has 0 radical (unpaired) electrons. The van der Waals surface area contributed by atoms with E-state index in [9.17, 15) is 14.0 Å². The second kappa shape index (κ2) is 8.81. The number of hydroxylamine groups is 1. The lowest BCUT2D eigenvalue weighted by Crippen LogP contribution is -2.41. The van der Waals surface area contributed by atoms with E-state index in [0.29, 0.717) is 26.1 Å². The number of amides is 2. The Morgan fingerprint density at radius 1 is 1.13 bits per heavy atom. The zero-order chi connectivity index (χ0) is 21.1. The Labute approximate surface area is 173 Å². The number of fused-ring (bicyclic) bond motifs is 1. The summed E-state index contributed by atoms with van der Waals surface area (Å²) < 4.78 is 26.2. The average molecular weight is 414 g/mol. The first-order valence-electron chi connectivity index (χ1n) is 9.91. The molecule has 0 spiro atoms. The highest BCUT2D eigenvalue weighted by atomic mass is 19.1. The second-order valence-electron chi connectivity index (χ2n) is 7.47. The summed E-state index contributed by atoms with van der Waals surface area (Å²) in [6.07, 6.45) is 1.26. The van der Waals surface area contributed by atoms with Crippen LogP contribution in [0.25, 0.3) is 0 Å². The minimum absolute atomic E-state index is 0.0257. The van der Waals surface area contributed by atoms with Crippen LogP contribution in [0.5, 0.6) is 5.75 Å². The quantitative estimate of drug-likeness (QED) is 0.596. The summed E-state index contributed by atoms with van der Waals surface area (Å²) in [5.41, 5.74) is 2.54. The van der Waals surface area contributed by atoms with Crippen molar-refractivity contribution in [3.05, 3.63) is 65.0 Å². The van der Waals surface area contributed by atoms with Gasteiger partial charge >= 0.3 is 0 Å². The molecule has 2 aromatic rings. The van der Waals surface area contributed by atoms with Crippen LogP contribution in [0.2, 0.25) is 0 Å². The van der Waals surface area contributed by atoms with Gasteiger partial charge in [-0.3, -0.25) is 14.8 Å². The largest absolute Gasteiger partial charge is 0.491 e. The molecule has 8 heteroatoms. The monoisotopic (exact) mass is 414 g/mol. The normalized spacial score (nSPS) is 19.4. The molecule has 0 aliphatic carbocycles. The van der Waals surface area contributed by atoms with E-state index in [0.717, 1.165) is 11.6 Å². The van der Waals surface area contributed by atoms with E-state index in [4.69, 9.17) is 14.7 Å². The Kier molecular flexibility index (Phi) is 5.96. The Hall–Kier alpha value is -2.97. The van der Waals surface area contributed by atoms with Gasteiger partial charge in [-0.05, 0) is 30.5 Å². The molecule has 2 aliphatic heterocycles. The zero-order valence-corrected chi connectivity index (χ0v) is 16.3. The number of hydrogen-bond donors (Lipinski definition) is 2. The van der Waals surface area contributed by atoms with Gasteiger partial charge in [0.1, 0.15) is 18.2 Å². The number of benzene rings is 2. The maximum atomic E-state index is 14.9. The minimum atomic E-state index is -0.834. The predicted octanol–water partition coefficient (Wildman–Crippen LogP) is 2.83. The van der Waals surface area contributed by atoms with E-state index in [1.165, 1.54) is 11.5 Å². The van der Waals surface area contributed by atoms with Gasteiger partial charge in [-0.1, -0.05) is 30.3 Å². The summed E-state index contributed by atoms with van der Waals surface area (Å²) >= 11 is 0. The molecule has 1 fully saturated rings. The molecule has 2 heterocycles. The first kappa shape index (κ1) is 20.3. The number of carbonyl (C=O) groups excluding carboxylic acids is 2. The van der Waals surface area contributed by atoms with Crippen molar-refractivity contribution >= 4 is 11.8 Å². The molecule has 0 aromatic heterocycles. The Morgan fingerprint density at radius 3 is 2.57 bits per heavy atom. The molecule has 2 N–H and O–H groups in total. The highest BCUT2D eigenvalue weighted by Crippen LogP contribution is 2.35. The van der Waals surface area contributed by atoms with Crippen molar-refractivity contribution in [1.29, 1.82) is 0 Å². The molecule has 0 unspecified atom stereocenters. The molecule has 2 amide bonds. The van der Waals surface area contributed by atoms with Crippen LogP contribution in [0, 0.1) is 11.7 Å². The van der Waals surface area contributed by atoms with Crippen LogP contribution in [-0.4, -0.2) is 41.7 Å².